The number of benzene rings is 2. The van der Waals surface area contributed by atoms with Crippen LogP contribution in [0.1, 0.15) is 11.1 Å². The fourth-order valence-corrected chi connectivity index (χ4v) is 3.14. The van der Waals surface area contributed by atoms with Crippen molar-refractivity contribution in [2.24, 2.45) is 0 Å². The fourth-order valence-electron chi connectivity index (χ4n) is 3.14. The molecule has 0 saturated carbocycles. The third-order valence-corrected chi connectivity index (χ3v) is 4.91. The molecule has 166 valence electrons. The molecular weight excluding hydrogens is 388 g/mol. The third kappa shape index (κ3) is 5.84. The van der Waals surface area contributed by atoms with Gasteiger partial charge in [-0.2, -0.15) is 0 Å². The second-order valence-electron chi connectivity index (χ2n) is 7.15. The molecule has 2 N–H and O–H groups in total. The van der Waals surface area contributed by atoms with Gasteiger partial charge in [-0.1, -0.05) is 0 Å². The van der Waals surface area contributed by atoms with Crippen LogP contribution in [0.4, 0.5) is 0 Å². The molecule has 0 aliphatic rings. The lowest BCUT2D eigenvalue weighted by Gasteiger charge is -2.23. The highest BCUT2D eigenvalue weighted by Crippen LogP contribution is 2.36. The van der Waals surface area contributed by atoms with Gasteiger partial charge in [-0.05, 0) is 26.2 Å². The average Bonchev–Trinajstić information content (AvgIpc) is 2.75. The predicted octanol–water partition coefficient (Wildman–Crippen LogP) is 2.70. The Morgan fingerprint density at radius 2 is 1.00 bits per heavy atom. The van der Waals surface area contributed by atoms with Crippen molar-refractivity contribution in [3.63, 3.8) is 0 Å². The third-order valence-electron chi connectivity index (χ3n) is 4.91. The van der Waals surface area contributed by atoms with Gasteiger partial charge in [0, 0.05) is 49.4 Å². The number of likely N-dealkylation sites (N-methyl/N-ethyl adjacent to an activating group) is 2. The SMILES string of the molecule is COc1cc(CN(C)CCN(C)Cc2cc(OC)cc(OC)c2O)c(O)c(OC)c1. The Bertz CT molecular complexity index is 773. The Balaban J connectivity index is 2.00. The molecule has 2 rings (SSSR count). The number of phenolic OH excluding ortho intramolecular Hbond substituents is 2. The average molecular weight is 421 g/mol. The van der Waals surface area contributed by atoms with E-state index in [0.29, 0.717) is 36.1 Å². The van der Waals surface area contributed by atoms with Crippen molar-refractivity contribution >= 4 is 0 Å². The van der Waals surface area contributed by atoms with Crippen LogP contribution in [0.3, 0.4) is 0 Å². The Hall–Kier alpha value is -2.84. The molecule has 0 fully saturated rings. The molecule has 0 spiro atoms. The summed E-state index contributed by atoms with van der Waals surface area (Å²) in [6.45, 7) is 2.56. The van der Waals surface area contributed by atoms with E-state index in [2.05, 4.69) is 9.80 Å². The van der Waals surface area contributed by atoms with Crippen LogP contribution in [0.25, 0.3) is 0 Å². The highest BCUT2D eigenvalue weighted by atomic mass is 16.5. The summed E-state index contributed by atoms with van der Waals surface area (Å²) in [6.07, 6.45) is 0. The number of hydrogen-bond acceptors (Lipinski definition) is 8. The standard InChI is InChI=1S/C22H32N2O6/c1-23(13-15-9-17(27-3)11-19(29-5)21(15)25)7-8-24(2)14-16-10-18(28-4)12-20(30-6)22(16)26/h9-12,25-26H,7-8,13-14H2,1-6H3. The number of hydrogen-bond donors (Lipinski definition) is 2. The van der Waals surface area contributed by atoms with Gasteiger partial charge >= 0.3 is 0 Å². The summed E-state index contributed by atoms with van der Waals surface area (Å²) in [5, 5.41) is 20.8. The molecule has 0 amide bonds. The van der Waals surface area contributed by atoms with E-state index in [1.807, 2.05) is 14.1 Å². The minimum atomic E-state index is 0.118. The lowest BCUT2D eigenvalue weighted by Crippen LogP contribution is -2.30. The van der Waals surface area contributed by atoms with Gasteiger partial charge in [-0.3, -0.25) is 0 Å². The summed E-state index contributed by atoms with van der Waals surface area (Å²) in [7, 11) is 10.1. The quantitative estimate of drug-likeness (QED) is 0.574. The molecule has 0 radical (unpaired) electrons. The van der Waals surface area contributed by atoms with Crippen molar-refractivity contribution in [1.29, 1.82) is 0 Å². The van der Waals surface area contributed by atoms with Gasteiger partial charge in [0.1, 0.15) is 11.5 Å². The van der Waals surface area contributed by atoms with Gasteiger partial charge in [-0.15, -0.1) is 0 Å². The van der Waals surface area contributed by atoms with Gasteiger partial charge in [0.05, 0.1) is 28.4 Å². The van der Waals surface area contributed by atoms with Crippen molar-refractivity contribution in [3.8, 4) is 34.5 Å². The molecule has 2 aromatic carbocycles. The molecule has 0 unspecified atom stereocenters. The van der Waals surface area contributed by atoms with Crippen molar-refractivity contribution < 1.29 is 29.2 Å². The molecule has 0 aromatic heterocycles. The highest BCUT2D eigenvalue weighted by molar-refractivity contribution is 5.51. The van der Waals surface area contributed by atoms with Crippen molar-refractivity contribution in [1.82, 2.24) is 9.80 Å². The predicted molar refractivity (Wildman–Crippen MR) is 115 cm³/mol. The van der Waals surface area contributed by atoms with Crippen molar-refractivity contribution in [3.05, 3.63) is 35.4 Å². The lowest BCUT2D eigenvalue weighted by atomic mass is 10.1. The van der Waals surface area contributed by atoms with E-state index in [1.54, 1.807) is 38.5 Å². The van der Waals surface area contributed by atoms with E-state index >= 15 is 0 Å². The molecule has 0 saturated heterocycles. The number of rotatable bonds is 11. The molecule has 8 nitrogen and oxygen atoms in total. The Labute approximate surface area is 178 Å². The summed E-state index contributed by atoms with van der Waals surface area (Å²) >= 11 is 0. The first-order chi connectivity index (χ1) is 14.3. The van der Waals surface area contributed by atoms with E-state index in [1.165, 1.54) is 14.2 Å². The molecule has 0 heterocycles. The summed E-state index contributed by atoms with van der Waals surface area (Å²) in [4.78, 5) is 4.19. The van der Waals surface area contributed by atoms with Gasteiger partial charge in [0.25, 0.3) is 0 Å². The maximum absolute atomic E-state index is 10.4. The largest absolute Gasteiger partial charge is 0.504 e. The molecule has 8 heteroatoms. The van der Waals surface area contributed by atoms with Gasteiger partial charge < -0.3 is 39.0 Å². The second kappa shape index (κ2) is 10.8. The van der Waals surface area contributed by atoms with Crippen LogP contribution in [0.5, 0.6) is 34.5 Å². The number of phenols is 2. The number of nitrogens with zero attached hydrogens (tertiary/aromatic N) is 2. The van der Waals surface area contributed by atoms with Crippen LogP contribution >= 0.6 is 0 Å². The van der Waals surface area contributed by atoms with Crippen molar-refractivity contribution in [2.45, 2.75) is 13.1 Å². The first-order valence-corrected chi connectivity index (χ1v) is 9.57. The molecule has 0 aliphatic heterocycles. The molecule has 30 heavy (non-hydrogen) atoms. The summed E-state index contributed by atoms with van der Waals surface area (Å²) in [6, 6.07) is 6.92. The summed E-state index contributed by atoms with van der Waals surface area (Å²) in [5.74, 6) is 2.27. The van der Waals surface area contributed by atoms with Crippen LogP contribution in [0, 0.1) is 0 Å². The van der Waals surface area contributed by atoms with E-state index in [4.69, 9.17) is 18.9 Å². The lowest BCUT2D eigenvalue weighted by molar-refractivity contribution is 0.241. The molecule has 0 atom stereocenters. The van der Waals surface area contributed by atoms with E-state index in [0.717, 1.165) is 24.2 Å². The first-order valence-electron chi connectivity index (χ1n) is 9.57. The van der Waals surface area contributed by atoms with Crippen LogP contribution in [-0.2, 0) is 13.1 Å². The zero-order chi connectivity index (χ0) is 22.3. The number of methoxy groups -OCH3 is 4. The maximum atomic E-state index is 10.4. The smallest absolute Gasteiger partial charge is 0.164 e. The molecule has 0 bridgehead atoms. The van der Waals surface area contributed by atoms with Crippen LogP contribution in [0.2, 0.25) is 0 Å². The van der Waals surface area contributed by atoms with Crippen LogP contribution in [-0.4, -0.2) is 75.6 Å². The van der Waals surface area contributed by atoms with Crippen LogP contribution in [0.15, 0.2) is 24.3 Å². The molecule has 0 aliphatic carbocycles. The zero-order valence-corrected chi connectivity index (χ0v) is 18.6. The second-order valence-corrected chi connectivity index (χ2v) is 7.15. The first kappa shape index (κ1) is 23.4. The maximum Gasteiger partial charge on any atom is 0.164 e. The molecular formula is C22H32N2O6. The highest BCUT2D eigenvalue weighted by Gasteiger charge is 2.15. The minimum Gasteiger partial charge on any atom is -0.504 e. The van der Waals surface area contributed by atoms with Gasteiger partial charge in [0.15, 0.2) is 23.0 Å². The zero-order valence-electron chi connectivity index (χ0n) is 18.6. The van der Waals surface area contributed by atoms with E-state index in [9.17, 15) is 10.2 Å². The summed E-state index contributed by atoms with van der Waals surface area (Å²) < 4.78 is 21.0. The Morgan fingerprint density at radius 1 is 0.633 bits per heavy atom. The monoisotopic (exact) mass is 420 g/mol. The number of ether oxygens (including phenoxy) is 4. The summed E-state index contributed by atoms with van der Waals surface area (Å²) in [5.41, 5.74) is 1.46. The van der Waals surface area contributed by atoms with Gasteiger partial charge in [0.2, 0.25) is 0 Å². The van der Waals surface area contributed by atoms with E-state index in [-0.39, 0.29) is 11.5 Å². The fraction of sp³-hybridized carbons (Fsp3) is 0.455. The minimum absolute atomic E-state index is 0.118. The van der Waals surface area contributed by atoms with Crippen LogP contribution < -0.4 is 18.9 Å². The van der Waals surface area contributed by atoms with Crippen molar-refractivity contribution in [2.75, 3.05) is 55.6 Å². The number of aromatic hydroxyl groups is 2. The van der Waals surface area contributed by atoms with Gasteiger partial charge in [-0.25, -0.2) is 0 Å². The normalized spacial score (nSPS) is 11.1. The topological polar surface area (TPSA) is 83.9 Å². The Kier molecular flexibility index (Phi) is 8.44. The Morgan fingerprint density at radius 3 is 1.30 bits per heavy atom. The van der Waals surface area contributed by atoms with E-state index < -0.39 is 0 Å². The molecule has 2 aromatic rings.